The maximum Gasteiger partial charge on any atom is 0.271 e. The number of nitrogens with one attached hydrogen (secondary N) is 2. The fourth-order valence-electron chi connectivity index (χ4n) is 4.43. The first kappa shape index (κ1) is 23.6. The lowest BCUT2D eigenvalue weighted by molar-refractivity contribution is -0.134. The third-order valence-electron chi connectivity index (χ3n) is 6.24. The molecule has 3 amide bonds. The van der Waals surface area contributed by atoms with Gasteiger partial charge >= 0.3 is 0 Å². The summed E-state index contributed by atoms with van der Waals surface area (Å²) in [6.45, 7) is 3.22. The van der Waals surface area contributed by atoms with Crippen molar-refractivity contribution in [2.24, 2.45) is 0 Å². The first-order chi connectivity index (χ1) is 16.3. The maximum absolute atomic E-state index is 13.2. The van der Waals surface area contributed by atoms with Crippen LogP contribution in [0, 0.1) is 0 Å². The molecule has 0 aromatic heterocycles. The number of fused-ring (bicyclic) bond motifs is 1. The van der Waals surface area contributed by atoms with E-state index in [2.05, 4.69) is 10.6 Å². The van der Waals surface area contributed by atoms with Crippen molar-refractivity contribution in [3.63, 3.8) is 0 Å². The summed E-state index contributed by atoms with van der Waals surface area (Å²) in [5.74, 6) is 0.187. The van der Waals surface area contributed by atoms with Crippen LogP contribution in [0.25, 0.3) is 0 Å². The van der Waals surface area contributed by atoms with Crippen molar-refractivity contribution in [1.29, 1.82) is 0 Å². The third kappa shape index (κ3) is 5.16. The number of hydrogen-bond acceptors (Lipinski definition) is 5. The highest BCUT2D eigenvalue weighted by molar-refractivity contribution is 6.09. The van der Waals surface area contributed by atoms with E-state index in [1.807, 2.05) is 0 Å². The van der Waals surface area contributed by atoms with Gasteiger partial charge in [0.15, 0.2) is 5.60 Å². The van der Waals surface area contributed by atoms with Crippen molar-refractivity contribution in [2.45, 2.75) is 57.6 Å². The predicted molar refractivity (Wildman–Crippen MR) is 129 cm³/mol. The van der Waals surface area contributed by atoms with E-state index in [1.165, 1.54) is 11.3 Å². The van der Waals surface area contributed by atoms with Gasteiger partial charge in [-0.25, -0.2) is 0 Å². The number of rotatable bonds is 6. The van der Waals surface area contributed by atoms with Gasteiger partial charge in [-0.3, -0.25) is 19.3 Å². The quantitative estimate of drug-likeness (QED) is 0.675. The van der Waals surface area contributed by atoms with Crippen LogP contribution >= 0.6 is 0 Å². The van der Waals surface area contributed by atoms with E-state index >= 15 is 0 Å². The zero-order chi connectivity index (χ0) is 24.3. The topological polar surface area (TPSA) is 97.0 Å². The molecule has 8 nitrogen and oxygen atoms in total. The summed E-state index contributed by atoms with van der Waals surface area (Å²) in [7, 11) is 1.56. The first-order valence-electron chi connectivity index (χ1n) is 11.7. The molecule has 8 heteroatoms. The Morgan fingerprint density at radius 2 is 1.88 bits per heavy atom. The van der Waals surface area contributed by atoms with E-state index in [9.17, 15) is 14.4 Å². The van der Waals surface area contributed by atoms with Gasteiger partial charge in [0, 0.05) is 23.4 Å². The molecule has 1 fully saturated rings. The molecule has 1 aliphatic heterocycles. The van der Waals surface area contributed by atoms with E-state index in [4.69, 9.17) is 9.47 Å². The lowest BCUT2D eigenvalue weighted by Gasteiger charge is -2.38. The summed E-state index contributed by atoms with van der Waals surface area (Å²) < 4.78 is 11.1. The van der Waals surface area contributed by atoms with Gasteiger partial charge in [-0.1, -0.05) is 25.3 Å². The Morgan fingerprint density at radius 3 is 2.62 bits per heavy atom. The van der Waals surface area contributed by atoms with Gasteiger partial charge in [0.2, 0.25) is 5.91 Å². The Morgan fingerprint density at radius 1 is 1.12 bits per heavy atom. The minimum Gasteiger partial charge on any atom is -0.497 e. The van der Waals surface area contributed by atoms with Gasteiger partial charge < -0.3 is 20.1 Å². The van der Waals surface area contributed by atoms with Gasteiger partial charge in [0.05, 0.1) is 12.8 Å². The number of carbonyl (C=O) groups is 3. The molecule has 0 atom stereocenters. The molecule has 1 heterocycles. The number of amides is 3. The first-order valence-corrected chi connectivity index (χ1v) is 11.7. The second-order valence-electron chi connectivity index (χ2n) is 9.27. The molecule has 2 aromatic carbocycles. The standard InChI is InChI=1S/C26H31N3O5/c1-26(2)25(32)29(16-23(30)27-18-8-5-4-6-9-18)21-14-17(12-13-22(21)34-26)24(31)28-19-10-7-11-20(15-19)33-3/h7,10-15,18H,4-6,8-9,16H2,1-3H3,(H,27,30)(H,28,31). The zero-order valence-electron chi connectivity index (χ0n) is 19.8. The highest BCUT2D eigenvalue weighted by atomic mass is 16.5. The number of benzene rings is 2. The molecular weight excluding hydrogens is 434 g/mol. The average molecular weight is 466 g/mol. The molecule has 2 aromatic rings. The molecule has 4 rings (SSSR count). The fourth-order valence-corrected chi connectivity index (χ4v) is 4.43. The number of methoxy groups -OCH3 is 1. The molecule has 0 bridgehead atoms. The van der Waals surface area contributed by atoms with E-state index in [0.29, 0.717) is 28.4 Å². The molecule has 180 valence electrons. The Balaban J connectivity index is 1.56. The lowest BCUT2D eigenvalue weighted by Crippen LogP contribution is -2.55. The molecule has 34 heavy (non-hydrogen) atoms. The van der Waals surface area contributed by atoms with Crippen LogP contribution in [0.15, 0.2) is 42.5 Å². The summed E-state index contributed by atoms with van der Waals surface area (Å²) in [5, 5.41) is 5.90. The zero-order valence-corrected chi connectivity index (χ0v) is 19.8. The third-order valence-corrected chi connectivity index (χ3v) is 6.24. The number of carbonyl (C=O) groups excluding carboxylic acids is 3. The molecule has 0 unspecified atom stereocenters. The van der Waals surface area contributed by atoms with Crippen molar-refractivity contribution in [1.82, 2.24) is 5.32 Å². The number of anilines is 2. The predicted octanol–water partition coefficient (Wildman–Crippen LogP) is 3.90. The van der Waals surface area contributed by atoms with Crippen molar-refractivity contribution in [2.75, 3.05) is 23.9 Å². The fraction of sp³-hybridized carbons (Fsp3) is 0.423. The highest BCUT2D eigenvalue weighted by Gasteiger charge is 2.42. The largest absolute Gasteiger partial charge is 0.497 e. The molecule has 0 spiro atoms. The molecule has 2 N–H and O–H groups in total. The van der Waals surface area contributed by atoms with E-state index in [0.717, 1.165) is 25.7 Å². The van der Waals surface area contributed by atoms with Gasteiger partial charge in [0.1, 0.15) is 18.0 Å². The Hall–Kier alpha value is -3.55. The van der Waals surface area contributed by atoms with Crippen LogP contribution in [0.3, 0.4) is 0 Å². The number of hydrogen-bond donors (Lipinski definition) is 2. The van der Waals surface area contributed by atoms with Gasteiger partial charge in [-0.2, -0.15) is 0 Å². The highest BCUT2D eigenvalue weighted by Crippen LogP contribution is 2.38. The van der Waals surface area contributed by atoms with Crippen LogP contribution in [0.4, 0.5) is 11.4 Å². The van der Waals surface area contributed by atoms with Crippen molar-refractivity contribution < 1.29 is 23.9 Å². The maximum atomic E-state index is 13.2. The second kappa shape index (κ2) is 9.75. The molecule has 0 saturated heterocycles. The van der Waals surface area contributed by atoms with E-state index in [-0.39, 0.29) is 30.3 Å². The number of ether oxygens (including phenoxy) is 2. The Bertz CT molecular complexity index is 1090. The molecule has 0 radical (unpaired) electrons. The summed E-state index contributed by atoms with van der Waals surface area (Å²) in [6, 6.07) is 12.1. The normalized spacial score (nSPS) is 17.4. The minimum atomic E-state index is -1.12. The van der Waals surface area contributed by atoms with Crippen LogP contribution in [-0.2, 0) is 9.59 Å². The molecule has 1 saturated carbocycles. The summed E-state index contributed by atoms with van der Waals surface area (Å²) >= 11 is 0. The van der Waals surface area contributed by atoms with Crippen molar-refractivity contribution in [3.05, 3.63) is 48.0 Å². The molecule has 1 aliphatic carbocycles. The monoisotopic (exact) mass is 465 g/mol. The average Bonchev–Trinajstić information content (AvgIpc) is 2.82. The van der Waals surface area contributed by atoms with Crippen LogP contribution in [-0.4, -0.2) is 43.0 Å². The Kier molecular flexibility index (Phi) is 6.77. The van der Waals surface area contributed by atoms with Crippen LogP contribution in [0.2, 0.25) is 0 Å². The van der Waals surface area contributed by atoms with E-state index < -0.39 is 5.60 Å². The molecule has 2 aliphatic rings. The second-order valence-corrected chi connectivity index (χ2v) is 9.27. The minimum absolute atomic E-state index is 0.129. The van der Waals surface area contributed by atoms with Gasteiger partial charge in [-0.05, 0) is 57.0 Å². The van der Waals surface area contributed by atoms with Crippen LogP contribution < -0.4 is 25.0 Å². The van der Waals surface area contributed by atoms with Crippen LogP contribution in [0.5, 0.6) is 11.5 Å². The van der Waals surface area contributed by atoms with Crippen molar-refractivity contribution in [3.8, 4) is 11.5 Å². The van der Waals surface area contributed by atoms with Crippen LogP contribution in [0.1, 0.15) is 56.3 Å². The lowest BCUT2D eigenvalue weighted by atomic mass is 9.95. The van der Waals surface area contributed by atoms with E-state index in [1.54, 1.807) is 63.4 Å². The van der Waals surface area contributed by atoms with Gasteiger partial charge in [0.25, 0.3) is 11.8 Å². The molecular formula is C26H31N3O5. The summed E-state index contributed by atoms with van der Waals surface area (Å²) in [6.07, 6.45) is 5.31. The SMILES string of the molecule is COc1cccc(NC(=O)c2ccc3c(c2)N(CC(=O)NC2CCCCC2)C(=O)C(C)(C)O3)c1. The van der Waals surface area contributed by atoms with Gasteiger partial charge in [-0.15, -0.1) is 0 Å². The number of nitrogens with zero attached hydrogens (tertiary/aromatic N) is 1. The van der Waals surface area contributed by atoms with Crippen molar-refractivity contribution >= 4 is 29.1 Å². The summed E-state index contributed by atoms with van der Waals surface area (Å²) in [5.41, 5.74) is 0.207. The summed E-state index contributed by atoms with van der Waals surface area (Å²) in [4.78, 5) is 40.4. The Labute approximate surface area is 199 Å². The smallest absolute Gasteiger partial charge is 0.271 e.